The lowest BCUT2D eigenvalue weighted by Gasteiger charge is -2.04. The van der Waals surface area contributed by atoms with Crippen LogP contribution in [0, 0.1) is 6.33 Å². The van der Waals surface area contributed by atoms with Gasteiger partial charge in [0.2, 0.25) is 6.33 Å². The SMILES string of the molecule is CCCCCCCCCCCCCCn1[c-][n+](CCCCCCCCCCCCCC)cc1. The van der Waals surface area contributed by atoms with E-state index in [1.807, 2.05) is 0 Å². The Morgan fingerprint density at radius 2 is 0.848 bits per heavy atom. The van der Waals surface area contributed by atoms with Gasteiger partial charge in [0.15, 0.2) is 0 Å². The Labute approximate surface area is 208 Å². The Kier molecular flexibility index (Phi) is 22.3. The largest absolute Gasteiger partial charge is 0.351 e. The van der Waals surface area contributed by atoms with Crippen molar-refractivity contribution in [1.29, 1.82) is 0 Å². The molecule has 0 atom stereocenters. The molecule has 1 aromatic heterocycles. The van der Waals surface area contributed by atoms with E-state index in [0.29, 0.717) is 0 Å². The van der Waals surface area contributed by atoms with Crippen molar-refractivity contribution >= 4 is 0 Å². The molecular weight excluding hydrogens is 400 g/mol. The highest BCUT2D eigenvalue weighted by Crippen LogP contribution is 2.13. The highest BCUT2D eigenvalue weighted by atomic mass is 15.1. The van der Waals surface area contributed by atoms with E-state index in [0.717, 1.165) is 13.1 Å². The standard InChI is InChI=1S/C31H60N2/c1-3-5-7-9-11-13-15-17-19-21-23-25-27-32-29-30-33(31-32)28-26-24-22-20-18-16-14-12-10-8-6-4-2/h29-30H,3-28H2,1-2H3. The predicted molar refractivity (Wildman–Crippen MR) is 146 cm³/mol. The summed E-state index contributed by atoms with van der Waals surface area (Å²) in [6, 6.07) is 0. The van der Waals surface area contributed by atoms with E-state index in [1.165, 1.54) is 154 Å². The van der Waals surface area contributed by atoms with Crippen LogP contribution >= 0.6 is 0 Å². The Morgan fingerprint density at radius 1 is 0.485 bits per heavy atom. The molecule has 0 fully saturated rings. The Bertz CT molecular complexity index is 450. The minimum atomic E-state index is 1.14. The van der Waals surface area contributed by atoms with Crippen molar-refractivity contribution in [3.05, 3.63) is 18.7 Å². The predicted octanol–water partition coefficient (Wildman–Crippen LogP) is 9.98. The molecule has 194 valence electrons. The molecule has 0 aliphatic carbocycles. The van der Waals surface area contributed by atoms with E-state index in [-0.39, 0.29) is 0 Å². The lowest BCUT2D eigenvalue weighted by molar-refractivity contribution is -0.701. The fourth-order valence-electron chi connectivity index (χ4n) is 4.89. The normalized spacial score (nSPS) is 11.5. The molecule has 1 aromatic rings. The summed E-state index contributed by atoms with van der Waals surface area (Å²) in [4.78, 5) is 0. The monoisotopic (exact) mass is 460 g/mol. The van der Waals surface area contributed by atoms with E-state index in [4.69, 9.17) is 0 Å². The highest BCUT2D eigenvalue weighted by Gasteiger charge is 1.99. The Morgan fingerprint density at radius 3 is 1.27 bits per heavy atom. The van der Waals surface area contributed by atoms with Crippen LogP contribution in [-0.4, -0.2) is 4.57 Å². The van der Waals surface area contributed by atoms with Gasteiger partial charge in [-0.2, -0.15) is 0 Å². The number of aryl methyl sites for hydroxylation is 2. The van der Waals surface area contributed by atoms with Gasteiger partial charge >= 0.3 is 0 Å². The van der Waals surface area contributed by atoms with Crippen LogP contribution in [0.4, 0.5) is 0 Å². The molecule has 0 bridgehead atoms. The third-order valence-corrected chi connectivity index (χ3v) is 7.19. The molecule has 1 heterocycles. The van der Waals surface area contributed by atoms with Gasteiger partial charge in [0.1, 0.15) is 0 Å². The van der Waals surface area contributed by atoms with Gasteiger partial charge in [-0.1, -0.05) is 142 Å². The first-order valence-electron chi connectivity index (χ1n) is 15.3. The number of aromatic nitrogens is 2. The van der Waals surface area contributed by atoms with Crippen molar-refractivity contribution < 1.29 is 4.57 Å². The molecule has 2 nitrogen and oxygen atoms in total. The zero-order valence-electron chi connectivity index (χ0n) is 22.9. The van der Waals surface area contributed by atoms with Gasteiger partial charge in [-0.25, -0.2) is 0 Å². The second-order valence-corrected chi connectivity index (χ2v) is 10.6. The van der Waals surface area contributed by atoms with Gasteiger partial charge in [0.05, 0.1) is 13.1 Å². The Balaban J connectivity index is 1.84. The molecule has 1 rings (SSSR count). The third kappa shape index (κ3) is 20.3. The van der Waals surface area contributed by atoms with Crippen molar-refractivity contribution in [3.8, 4) is 0 Å². The van der Waals surface area contributed by atoms with E-state index in [9.17, 15) is 0 Å². The van der Waals surface area contributed by atoms with Crippen LogP contribution in [0.2, 0.25) is 0 Å². The number of hydrogen-bond acceptors (Lipinski definition) is 0. The van der Waals surface area contributed by atoms with Crippen LogP contribution < -0.4 is 4.57 Å². The minimum Gasteiger partial charge on any atom is -0.351 e. The highest BCUT2D eigenvalue weighted by molar-refractivity contribution is 4.65. The molecular formula is C31H60N2. The van der Waals surface area contributed by atoms with Crippen LogP contribution in [0.1, 0.15) is 168 Å². The quantitative estimate of drug-likeness (QED) is 0.0738. The molecule has 0 amide bonds. The van der Waals surface area contributed by atoms with Crippen LogP contribution in [0.3, 0.4) is 0 Å². The van der Waals surface area contributed by atoms with Crippen molar-refractivity contribution in [3.63, 3.8) is 0 Å². The van der Waals surface area contributed by atoms with Crippen LogP contribution in [0.25, 0.3) is 0 Å². The van der Waals surface area contributed by atoms with E-state index in [2.05, 4.69) is 41.7 Å². The maximum absolute atomic E-state index is 3.53. The zero-order valence-corrected chi connectivity index (χ0v) is 22.9. The first kappa shape index (κ1) is 30.2. The van der Waals surface area contributed by atoms with Gasteiger partial charge in [-0.3, -0.25) is 0 Å². The van der Waals surface area contributed by atoms with Crippen molar-refractivity contribution in [2.45, 2.75) is 181 Å². The number of rotatable bonds is 26. The van der Waals surface area contributed by atoms with Gasteiger partial charge in [0.25, 0.3) is 0 Å². The minimum absolute atomic E-state index is 1.14. The molecule has 0 aromatic carbocycles. The second kappa shape index (κ2) is 24.3. The maximum Gasteiger partial charge on any atom is 0.203 e. The van der Waals surface area contributed by atoms with E-state index in [1.54, 1.807) is 0 Å². The Hall–Kier alpha value is -0.790. The summed E-state index contributed by atoms with van der Waals surface area (Å²) in [6.45, 7) is 6.88. The molecule has 0 saturated carbocycles. The molecule has 0 spiro atoms. The summed E-state index contributed by atoms with van der Waals surface area (Å²) in [5, 5.41) is 0. The maximum atomic E-state index is 3.53. The van der Waals surface area contributed by atoms with Gasteiger partial charge in [-0.15, -0.1) is 0 Å². The van der Waals surface area contributed by atoms with Crippen molar-refractivity contribution in [1.82, 2.24) is 4.57 Å². The molecule has 0 aliphatic heterocycles. The van der Waals surface area contributed by atoms with E-state index >= 15 is 0 Å². The average molecular weight is 461 g/mol. The first-order valence-corrected chi connectivity index (χ1v) is 15.3. The lowest BCUT2D eigenvalue weighted by atomic mass is 10.1. The molecule has 0 unspecified atom stereocenters. The summed E-state index contributed by atoms with van der Waals surface area (Å²) in [6.07, 6.45) is 42.1. The lowest BCUT2D eigenvalue weighted by Crippen LogP contribution is -2.31. The number of imidazole rings is 1. The summed E-state index contributed by atoms with van der Waals surface area (Å²) >= 11 is 0. The number of hydrogen-bond donors (Lipinski definition) is 0. The van der Waals surface area contributed by atoms with Crippen LogP contribution in [0.5, 0.6) is 0 Å². The topological polar surface area (TPSA) is 8.81 Å². The first-order chi connectivity index (χ1) is 16.4. The summed E-state index contributed by atoms with van der Waals surface area (Å²) in [7, 11) is 0. The van der Waals surface area contributed by atoms with Crippen LogP contribution in [-0.2, 0) is 13.1 Å². The smallest absolute Gasteiger partial charge is 0.203 e. The average Bonchev–Trinajstić information content (AvgIpc) is 3.28. The number of unbranched alkanes of at least 4 members (excludes halogenated alkanes) is 22. The summed E-state index contributed by atoms with van der Waals surface area (Å²) in [5.41, 5.74) is 0. The van der Waals surface area contributed by atoms with Crippen molar-refractivity contribution in [2.24, 2.45) is 0 Å². The van der Waals surface area contributed by atoms with Gasteiger partial charge in [-0.05, 0) is 38.1 Å². The molecule has 0 N–H and O–H groups in total. The molecule has 2 heteroatoms. The molecule has 0 saturated heterocycles. The fourth-order valence-corrected chi connectivity index (χ4v) is 4.89. The summed E-state index contributed by atoms with van der Waals surface area (Å²) < 4.78 is 4.55. The fraction of sp³-hybridized carbons (Fsp3) is 0.903. The molecule has 0 radical (unpaired) electrons. The van der Waals surface area contributed by atoms with Gasteiger partial charge in [0, 0.05) is 0 Å². The summed E-state index contributed by atoms with van der Waals surface area (Å²) in [5.74, 6) is 0. The van der Waals surface area contributed by atoms with Crippen LogP contribution in [0.15, 0.2) is 12.4 Å². The molecule has 0 aliphatic rings. The zero-order chi connectivity index (χ0) is 23.7. The second-order valence-electron chi connectivity index (χ2n) is 10.6. The van der Waals surface area contributed by atoms with Crippen molar-refractivity contribution in [2.75, 3.05) is 0 Å². The number of nitrogens with zero attached hydrogens (tertiary/aromatic N) is 2. The van der Waals surface area contributed by atoms with Gasteiger partial charge < -0.3 is 9.13 Å². The van der Waals surface area contributed by atoms with E-state index < -0.39 is 0 Å². The molecule has 33 heavy (non-hydrogen) atoms. The third-order valence-electron chi connectivity index (χ3n) is 7.19.